The van der Waals surface area contributed by atoms with E-state index in [9.17, 15) is 0 Å². The smallest absolute Gasteiger partial charge is 0.108 e. The molecule has 0 unspecified atom stereocenters. The molecular weight excluding hydrogens is 80.1 g/mol. The molecule has 28 valence electrons. The van der Waals surface area contributed by atoms with Gasteiger partial charge in [-0.1, -0.05) is 18.7 Å². The molecule has 0 spiro atoms. The lowest BCUT2D eigenvalue weighted by atomic mass is 11.0. The maximum Gasteiger partial charge on any atom is 0.125 e. The molecule has 0 bridgehead atoms. The second-order valence-electron chi connectivity index (χ2n) is 0.535. The van der Waals surface area contributed by atoms with Gasteiger partial charge in [0.15, 0.2) is 0 Å². The maximum atomic E-state index is 6.32. The van der Waals surface area contributed by atoms with E-state index in [4.69, 9.17) is 1.37 Å². The summed E-state index contributed by atoms with van der Waals surface area (Å²) in [4.78, 5) is 0. The van der Waals surface area contributed by atoms with Crippen molar-refractivity contribution in [3.8, 4) is 11.7 Å². The summed E-state index contributed by atoms with van der Waals surface area (Å²) in [5.41, 5.74) is 0. The normalized spacial score (nSPS) is 7.80. The zero-order valence-electron chi connectivity index (χ0n) is 4.12. The molecule has 0 heterocycles. The van der Waals surface area contributed by atoms with Gasteiger partial charge in [0.25, 0.3) is 0 Å². The van der Waals surface area contributed by atoms with Gasteiger partial charge in [0.05, 0.1) is 0 Å². The molecule has 0 radical (unpaired) electrons. The van der Waals surface area contributed by atoms with E-state index < -0.39 is 0 Å². The van der Waals surface area contributed by atoms with Crippen LogP contribution in [0.2, 0.25) is 0 Å². The Kier molecular flexibility index (Phi) is 2.43. The summed E-state index contributed by atoms with van der Waals surface area (Å²) in [5.74, 6) is 0.978. The average molecular weight is 87.2 g/mol. The van der Waals surface area contributed by atoms with E-state index in [2.05, 4.69) is 5.25 Å². The third-order valence-electron chi connectivity index (χ3n) is 0.217. The Morgan fingerprint density at radius 2 is 3.20 bits per heavy atom. The molecule has 1 heteroatoms. The van der Waals surface area contributed by atoms with Gasteiger partial charge >= 0.3 is 0 Å². The number of rotatable bonds is 1. The first kappa shape index (κ1) is 3.11. The molecule has 0 saturated heterocycles. The number of thioether (sulfide) groups is 1. The monoisotopic (exact) mass is 87.0 g/mol. The van der Waals surface area contributed by atoms with Crippen LogP contribution in [0.25, 0.3) is 0 Å². The highest BCUT2D eigenvalue weighted by molar-refractivity contribution is 8.03. The van der Waals surface area contributed by atoms with Crippen LogP contribution in [0.5, 0.6) is 0 Å². The van der Waals surface area contributed by atoms with E-state index in [-0.39, 0.29) is 0 Å². The second kappa shape index (κ2) is 3.91. The van der Waals surface area contributed by atoms with Crippen molar-refractivity contribution in [3.05, 3.63) is 0 Å². The minimum absolute atomic E-state index is 0.978. The molecule has 0 rings (SSSR count). The maximum absolute atomic E-state index is 6.32. The molecule has 0 aromatic rings. The zero-order valence-corrected chi connectivity index (χ0v) is 3.93. The van der Waals surface area contributed by atoms with Crippen molar-refractivity contribution in [1.29, 1.82) is 0 Å². The van der Waals surface area contributed by atoms with E-state index >= 15 is 0 Å². The molecule has 0 aliphatic rings. The minimum Gasteiger partial charge on any atom is -0.108 e. The molecule has 0 N–H and O–H groups in total. The Hall–Kier alpha value is -0.0900. The van der Waals surface area contributed by atoms with Crippen LogP contribution < -0.4 is 0 Å². The summed E-state index contributed by atoms with van der Waals surface area (Å²) < 4.78 is 6.32. The number of hydrogen-bond acceptors (Lipinski definition) is 1. The summed E-state index contributed by atoms with van der Waals surface area (Å²) in [6.45, 7) is 2.01. The molecule has 0 aliphatic heterocycles. The van der Waals surface area contributed by atoms with Gasteiger partial charge in [-0.25, -0.2) is 0 Å². The number of terminal acetylenes is 1. The zero-order chi connectivity index (χ0) is 4.83. The first-order chi connectivity index (χ1) is 2.91. The lowest BCUT2D eigenvalue weighted by Crippen LogP contribution is -1.52. The number of hydrogen-bond donors (Lipinski definition) is 0. The van der Waals surface area contributed by atoms with Gasteiger partial charge in [0.1, 0.15) is 1.37 Å². The highest BCUT2D eigenvalue weighted by Crippen LogP contribution is 1.89. The average Bonchev–Trinajstić information content (AvgIpc) is 1.61. The Morgan fingerprint density at radius 3 is 3.40 bits per heavy atom. The van der Waals surface area contributed by atoms with Gasteiger partial charge in [-0.2, -0.15) is 0 Å². The van der Waals surface area contributed by atoms with Crippen molar-refractivity contribution >= 4 is 11.8 Å². The summed E-state index contributed by atoms with van der Waals surface area (Å²) in [6, 6.07) is 0. The first-order valence-electron chi connectivity index (χ1n) is 1.95. The van der Waals surface area contributed by atoms with E-state index in [1.807, 2.05) is 13.3 Å². The SMILES string of the molecule is [2H]C#CSCC. The predicted octanol–water partition coefficient (Wildman–Crippen LogP) is 1.33. The third kappa shape index (κ3) is 3.91. The summed E-state index contributed by atoms with van der Waals surface area (Å²) in [7, 11) is 0. The lowest BCUT2D eigenvalue weighted by Gasteiger charge is -1.69. The molecule has 0 aromatic carbocycles. The van der Waals surface area contributed by atoms with Crippen molar-refractivity contribution in [2.24, 2.45) is 0 Å². The fourth-order valence-electron chi connectivity index (χ4n) is 0.0722. The Bertz CT molecular complexity index is 69.4. The van der Waals surface area contributed by atoms with Gasteiger partial charge in [0.2, 0.25) is 0 Å². The molecule has 0 fully saturated rings. The largest absolute Gasteiger partial charge is 0.125 e. The van der Waals surface area contributed by atoms with Gasteiger partial charge in [-0.3, -0.25) is 0 Å². The van der Waals surface area contributed by atoms with Gasteiger partial charge < -0.3 is 0 Å². The van der Waals surface area contributed by atoms with Crippen molar-refractivity contribution in [2.45, 2.75) is 6.92 Å². The Balaban J connectivity index is 2.79. The van der Waals surface area contributed by atoms with Crippen LogP contribution in [0.3, 0.4) is 0 Å². The quantitative estimate of drug-likeness (QED) is 0.435. The molecule has 0 aliphatic carbocycles. The van der Waals surface area contributed by atoms with Crippen LogP contribution in [0.4, 0.5) is 0 Å². The van der Waals surface area contributed by atoms with Crippen LogP contribution >= 0.6 is 11.8 Å². The molecule has 0 atom stereocenters. The minimum atomic E-state index is 0.978. The Labute approximate surface area is 38.4 Å². The van der Waals surface area contributed by atoms with E-state index in [0.29, 0.717) is 0 Å². The fraction of sp³-hybridized carbons (Fsp3) is 0.500. The summed E-state index contributed by atoms with van der Waals surface area (Å²) in [6.07, 6.45) is 2.03. The van der Waals surface area contributed by atoms with Crippen LogP contribution in [0.15, 0.2) is 0 Å². The molecule has 5 heavy (non-hydrogen) atoms. The molecule has 0 nitrogen and oxygen atoms in total. The molecular formula is C4H6S. The van der Waals surface area contributed by atoms with E-state index in [1.165, 1.54) is 11.8 Å². The van der Waals surface area contributed by atoms with Gasteiger partial charge in [-0.15, -0.1) is 6.40 Å². The van der Waals surface area contributed by atoms with Crippen LogP contribution in [0.1, 0.15) is 8.29 Å². The van der Waals surface area contributed by atoms with Gasteiger partial charge in [0, 0.05) is 5.75 Å². The standard InChI is InChI=1S/C4H6S/c1-3-5-4-2/h1H,4H2,2H3/i1D. The van der Waals surface area contributed by atoms with Crippen molar-refractivity contribution in [2.75, 3.05) is 5.75 Å². The topological polar surface area (TPSA) is 0 Å². The van der Waals surface area contributed by atoms with E-state index in [1.54, 1.807) is 0 Å². The second-order valence-corrected chi connectivity index (χ2v) is 1.61. The van der Waals surface area contributed by atoms with Crippen molar-refractivity contribution < 1.29 is 1.37 Å². The molecule has 0 amide bonds. The highest BCUT2D eigenvalue weighted by Gasteiger charge is 1.61. The van der Waals surface area contributed by atoms with Crippen molar-refractivity contribution in [1.82, 2.24) is 0 Å². The fourth-order valence-corrected chi connectivity index (χ4v) is 0.217. The first-order valence-corrected chi connectivity index (χ1v) is 2.44. The molecule has 0 aromatic heterocycles. The van der Waals surface area contributed by atoms with Crippen LogP contribution in [-0.2, 0) is 0 Å². The van der Waals surface area contributed by atoms with Crippen molar-refractivity contribution in [3.63, 3.8) is 0 Å². The Morgan fingerprint density at radius 1 is 2.40 bits per heavy atom. The molecule has 0 saturated carbocycles. The van der Waals surface area contributed by atoms with Gasteiger partial charge in [-0.05, 0) is 5.25 Å². The third-order valence-corrected chi connectivity index (χ3v) is 0.650. The highest BCUT2D eigenvalue weighted by atomic mass is 32.2. The predicted molar refractivity (Wildman–Crippen MR) is 27.0 cm³/mol. The van der Waals surface area contributed by atoms with Crippen LogP contribution in [-0.4, -0.2) is 5.75 Å². The van der Waals surface area contributed by atoms with E-state index in [0.717, 1.165) is 5.75 Å². The van der Waals surface area contributed by atoms with Crippen LogP contribution in [0, 0.1) is 11.7 Å². The summed E-state index contributed by atoms with van der Waals surface area (Å²) >= 11 is 1.46. The lowest BCUT2D eigenvalue weighted by molar-refractivity contribution is 1.54. The summed E-state index contributed by atoms with van der Waals surface area (Å²) in [5, 5.41) is 2.53.